The molecule has 4 aliphatic rings. The lowest BCUT2D eigenvalue weighted by Crippen LogP contribution is -2.60. The van der Waals surface area contributed by atoms with Crippen LogP contribution < -0.4 is 0 Å². The lowest BCUT2D eigenvalue weighted by molar-refractivity contribution is -0.141. The fourth-order valence-corrected chi connectivity index (χ4v) is 8.02. The molecule has 202 valence electrons. The Bertz CT molecular complexity index is 1460. The minimum atomic E-state index is -1.92. The molecule has 0 unspecified atom stereocenters. The lowest BCUT2D eigenvalue weighted by atomic mass is 9.56. The Hall–Kier alpha value is -3.36. The van der Waals surface area contributed by atoms with Crippen molar-refractivity contribution < 1.29 is 29.4 Å². The lowest BCUT2D eigenvalue weighted by Gasteiger charge is -2.50. The Morgan fingerprint density at radius 3 is 2.31 bits per heavy atom. The summed E-state index contributed by atoms with van der Waals surface area (Å²) in [5, 5.41) is 20.4. The molecule has 3 fully saturated rings. The van der Waals surface area contributed by atoms with Crippen molar-refractivity contribution >= 4 is 46.8 Å². The van der Waals surface area contributed by atoms with Gasteiger partial charge in [0.25, 0.3) is 11.8 Å². The van der Waals surface area contributed by atoms with Gasteiger partial charge in [0.2, 0.25) is 11.8 Å². The molecule has 0 spiro atoms. The zero-order chi connectivity index (χ0) is 27.9. The van der Waals surface area contributed by atoms with Gasteiger partial charge in [0.15, 0.2) is 9.75 Å². The van der Waals surface area contributed by atoms with E-state index in [2.05, 4.69) is 0 Å². The summed E-state index contributed by atoms with van der Waals surface area (Å²) in [6, 6.07) is 13.0. The average molecular weight is 569 g/mol. The van der Waals surface area contributed by atoms with Crippen LogP contribution in [0.15, 0.2) is 60.2 Å². The molecular weight excluding hydrogens is 543 g/mol. The van der Waals surface area contributed by atoms with E-state index in [-0.39, 0.29) is 42.7 Å². The van der Waals surface area contributed by atoms with Gasteiger partial charge in [-0.2, -0.15) is 0 Å². The van der Waals surface area contributed by atoms with Crippen LogP contribution in [0, 0.1) is 17.8 Å². The number of halogens is 2. The molecule has 0 radical (unpaired) electrons. The van der Waals surface area contributed by atoms with Crippen molar-refractivity contribution in [2.75, 3.05) is 13.6 Å². The SMILES string of the molecule is CN1C(=O)[C@]2(Cl)C[C@@H]3C(=CC[C@@H]4C(=O)N(CCc5ccc(O)cc5)C(=O)[C@@H]43)[C@H](c3ccccc3O)[C@]2(Cl)C1=O. The number of alkyl halides is 2. The molecule has 2 aromatic rings. The zero-order valence-corrected chi connectivity index (χ0v) is 22.5. The van der Waals surface area contributed by atoms with Gasteiger partial charge in [-0.3, -0.25) is 29.0 Å². The Balaban J connectivity index is 1.41. The van der Waals surface area contributed by atoms with Crippen LogP contribution in [-0.2, 0) is 25.6 Å². The highest BCUT2D eigenvalue weighted by atomic mass is 35.5. The minimum Gasteiger partial charge on any atom is -0.508 e. The van der Waals surface area contributed by atoms with Gasteiger partial charge in [0, 0.05) is 25.1 Å². The van der Waals surface area contributed by atoms with E-state index in [9.17, 15) is 29.4 Å². The third-order valence-corrected chi connectivity index (χ3v) is 10.3. The molecule has 1 saturated carbocycles. The predicted octanol–water partition coefficient (Wildman–Crippen LogP) is 3.33. The number of benzene rings is 2. The number of phenols is 2. The molecule has 8 nitrogen and oxygen atoms in total. The third kappa shape index (κ3) is 3.44. The molecule has 6 atom stereocenters. The van der Waals surface area contributed by atoms with Gasteiger partial charge in [-0.25, -0.2) is 0 Å². The van der Waals surface area contributed by atoms with Crippen LogP contribution in [0.25, 0.3) is 0 Å². The second-order valence-electron chi connectivity index (χ2n) is 10.8. The Kier molecular flexibility index (Phi) is 5.86. The highest BCUT2D eigenvalue weighted by molar-refractivity contribution is 6.53. The number of carbonyl (C=O) groups excluding carboxylic acids is 4. The topological polar surface area (TPSA) is 115 Å². The van der Waals surface area contributed by atoms with E-state index in [1.165, 1.54) is 18.0 Å². The highest BCUT2D eigenvalue weighted by Crippen LogP contribution is 2.65. The summed E-state index contributed by atoms with van der Waals surface area (Å²) >= 11 is 14.2. The fraction of sp³-hybridized carbons (Fsp3) is 0.379. The van der Waals surface area contributed by atoms with Crippen LogP contribution in [0.5, 0.6) is 11.5 Å². The molecule has 39 heavy (non-hydrogen) atoms. The second-order valence-corrected chi connectivity index (χ2v) is 12.0. The van der Waals surface area contributed by atoms with E-state index >= 15 is 0 Å². The summed E-state index contributed by atoms with van der Waals surface area (Å²) in [5.41, 5.74) is 1.84. The Labute approximate surface area is 234 Å². The first-order valence-electron chi connectivity index (χ1n) is 12.8. The first-order chi connectivity index (χ1) is 18.5. The summed E-state index contributed by atoms with van der Waals surface area (Å²) in [7, 11) is 1.33. The van der Waals surface area contributed by atoms with Crippen molar-refractivity contribution in [3.05, 3.63) is 71.3 Å². The van der Waals surface area contributed by atoms with Gasteiger partial charge < -0.3 is 10.2 Å². The van der Waals surface area contributed by atoms with Gasteiger partial charge in [0.05, 0.1) is 11.8 Å². The molecule has 2 N–H and O–H groups in total. The van der Waals surface area contributed by atoms with E-state index in [0.29, 0.717) is 17.6 Å². The number of nitrogens with zero attached hydrogens (tertiary/aromatic N) is 2. The van der Waals surface area contributed by atoms with Crippen molar-refractivity contribution in [2.45, 2.75) is 34.9 Å². The van der Waals surface area contributed by atoms with Crippen LogP contribution in [0.1, 0.15) is 29.9 Å². The average Bonchev–Trinajstić information content (AvgIpc) is 3.23. The van der Waals surface area contributed by atoms with Crippen molar-refractivity contribution in [1.82, 2.24) is 9.80 Å². The van der Waals surface area contributed by atoms with Gasteiger partial charge in [-0.1, -0.05) is 42.0 Å². The van der Waals surface area contributed by atoms with E-state index in [4.69, 9.17) is 23.2 Å². The maximum atomic E-state index is 13.8. The number of rotatable bonds is 4. The molecule has 6 rings (SSSR count). The molecule has 0 bridgehead atoms. The number of aromatic hydroxyl groups is 2. The number of likely N-dealkylation sites (tertiary alicyclic amines) is 2. The van der Waals surface area contributed by atoms with E-state index in [1.54, 1.807) is 42.5 Å². The first-order valence-corrected chi connectivity index (χ1v) is 13.6. The second kappa shape index (κ2) is 8.83. The van der Waals surface area contributed by atoms with Gasteiger partial charge in [-0.15, -0.1) is 23.2 Å². The fourth-order valence-electron chi connectivity index (χ4n) is 7.01. The van der Waals surface area contributed by atoms with Crippen molar-refractivity contribution in [3.8, 4) is 11.5 Å². The minimum absolute atomic E-state index is 0.0884. The molecule has 0 aromatic heterocycles. The maximum absolute atomic E-state index is 13.8. The van der Waals surface area contributed by atoms with Crippen LogP contribution >= 0.6 is 23.2 Å². The van der Waals surface area contributed by atoms with E-state index in [0.717, 1.165) is 10.5 Å². The summed E-state index contributed by atoms with van der Waals surface area (Å²) < 4.78 is 0. The maximum Gasteiger partial charge on any atom is 0.253 e. The van der Waals surface area contributed by atoms with Crippen molar-refractivity contribution in [2.24, 2.45) is 17.8 Å². The molecule has 2 saturated heterocycles. The van der Waals surface area contributed by atoms with Crippen molar-refractivity contribution in [1.29, 1.82) is 0 Å². The third-order valence-electron chi connectivity index (χ3n) is 8.91. The zero-order valence-electron chi connectivity index (χ0n) is 21.0. The normalized spacial score (nSPS) is 33.7. The van der Waals surface area contributed by atoms with Crippen LogP contribution in [0.2, 0.25) is 0 Å². The van der Waals surface area contributed by atoms with Crippen LogP contribution in [0.4, 0.5) is 0 Å². The molecule has 2 heterocycles. The number of fused-ring (bicyclic) bond motifs is 4. The quantitative estimate of drug-likeness (QED) is 0.332. The number of imide groups is 2. The highest BCUT2D eigenvalue weighted by Gasteiger charge is 2.76. The van der Waals surface area contributed by atoms with Gasteiger partial charge in [0.1, 0.15) is 11.5 Å². The number of hydrogen-bond acceptors (Lipinski definition) is 6. The molecule has 2 aliphatic carbocycles. The monoisotopic (exact) mass is 568 g/mol. The number of phenolic OH excluding ortho intramolecular Hbond substituents is 2. The van der Waals surface area contributed by atoms with Gasteiger partial charge in [-0.05, 0) is 48.9 Å². The number of allylic oxidation sites excluding steroid dienone is 2. The van der Waals surface area contributed by atoms with E-state index < -0.39 is 45.2 Å². The summed E-state index contributed by atoms with van der Waals surface area (Å²) in [6.07, 6.45) is 2.44. The van der Waals surface area contributed by atoms with Crippen LogP contribution in [0.3, 0.4) is 0 Å². The molecule has 10 heteroatoms. The predicted molar refractivity (Wildman–Crippen MR) is 142 cm³/mol. The Morgan fingerprint density at radius 2 is 1.62 bits per heavy atom. The van der Waals surface area contributed by atoms with E-state index in [1.807, 2.05) is 6.08 Å². The van der Waals surface area contributed by atoms with Gasteiger partial charge >= 0.3 is 0 Å². The van der Waals surface area contributed by atoms with Crippen LogP contribution in [-0.4, -0.2) is 67.0 Å². The standard InChI is InChI=1S/C29H26Cl2N2O6/c1-32-26(38)28(30)14-20-17(23(29(28,31)27(32)39)18-4-2-3-5-21(18)35)10-11-19-22(20)25(37)33(24(19)36)13-12-15-6-8-16(34)9-7-15/h2-10,19-20,22-23,34-35H,11-14H2,1H3/t19-,20+,22-,23+,28+,29-/m0/s1. The summed E-state index contributed by atoms with van der Waals surface area (Å²) in [5.74, 6) is -4.92. The molecule has 4 amide bonds. The number of amides is 4. The smallest absolute Gasteiger partial charge is 0.253 e. The number of carbonyl (C=O) groups is 4. The first kappa shape index (κ1) is 25.9. The molecular formula is C29H26Cl2N2O6. The summed E-state index contributed by atoms with van der Waals surface area (Å²) in [6.45, 7) is 0.173. The number of para-hydroxylation sites is 1. The molecule has 2 aliphatic heterocycles. The number of hydrogen-bond donors (Lipinski definition) is 2. The summed E-state index contributed by atoms with van der Waals surface area (Å²) in [4.78, 5) is 52.6. The Morgan fingerprint density at radius 1 is 0.923 bits per heavy atom. The van der Waals surface area contributed by atoms with Crippen molar-refractivity contribution in [3.63, 3.8) is 0 Å². The molecule has 2 aromatic carbocycles. The largest absolute Gasteiger partial charge is 0.508 e.